The van der Waals surface area contributed by atoms with Gasteiger partial charge in [0.1, 0.15) is 5.54 Å². The van der Waals surface area contributed by atoms with Gasteiger partial charge in [0.2, 0.25) is 0 Å². The molecule has 21 heavy (non-hydrogen) atoms. The van der Waals surface area contributed by atoms with Gasteiger partial charge in [-0.15, -0.1) is 10.2 Å². The van der Waals surface area contributed by atoms with Crippen LogP contribution in [0.4, 0.5) is 0 Å². The summed E-state index contributed by atoms with van der Waals surface area (Å²) in [6, 6.07) is 8.86. The van der Waals surface area contributed by atoms with Crippen molar-refractivity contribution < 1.29 is 0 Å². The molecule has 3 rings (SSSR count). The summed E-state index contributed by atoms with van der Waals surface area (Å²) in [4.78, 5) is 0. The van der Waals surface area contributed by atoms with Gasteiger partial charge < -0.3 is 0 Å². The third-order valence-electron chi connectivity index (χ3n) is 3.68. The van der Waals surface area contributed by atoms with Gasteiger partial charge in [0, 0.05) is 18.0 Å². The minimum Gasteiger partial charge on any atom is -0.297 e. The molecule has 6 heteroatoms. The van der Waals surface area contributed by atoms with Crippen LogP contribution in [0.2, 0.25) is 0 Å². The normalized spacial score (nSPS) is 17.5. The van der Waals surface area contributed by atoms with E-state index >= 15 is 0 Å². The summed E-state index contributed by atoms with van der Waals surface area (Å²) in [5.41, 5.74) is 0.478. The van der Waals surface area contributed by atoms with E-state index in [9.17, 15) is 5.26 Å². The summed E-state index contributed by atoms with van der Waals surface area (Å²) in [7, 11) is 0. The fourth-order valence-corrected chi connectivity index (χ4v) is 3.21. The highest BCUT2D eigenvalue weighted by atomic mass is 32.2. The maximum absolute atomic E-state index is 9.34. The Hall–Kier alpha value is -1.58. The first-order valence-corrected chi connectivity index (χ1v) is 8.30. The Morgan fingerprint density at radius 1 is 1.48 bits per heavy atom. The van der Waals surface area contributed by atoms with Crippen LogP contribution in [0.25, 0.3) is 5.65 Å². The van der Waals surface area contributed by atoms with E-state index in [2.05, 4.69) is 21.6 Å². The van der Waals surface area contributed by atoms with Crippen molar-refractivity contribution in [2.24, 2.45) is 0 Å². The van der Waals surface area contributed by atoms with Crippen LogP contribution >= 0.6 is 11.8 Å². The minimum atomic E-state index is -0.394. The molecule has 5 nitrogen and oxygen atoms in total. The molecule has 1 fully saturated rings. The maximum atomic E-state index is 9.34. The number of nitrogens with zero attached hydrogens (tertiary/aromatic N) is 4. The van der Waals surface area contributed by atoms with Gasteiger partial charge >= 0.3 is 0 Å². The fourth-order valence-electron chi connectivity index (χ4n) is 2.35. The average Bonchev–Trinajstić information content (AvgIpc) is 3.21. The lowest BCUT2D eigenvalue weighted by atomic mass is 9.98. The first-order valence-electron chi connectivity index (χ1n) is 7.32. The third kappa shape index (κ3) is 3.55. The van der Waals surface area contributed by atoms with Crippen LogP contribution in [-0.2, 0) is 0 Å². The average molecular weight is 301 g/mol. The van der Waals surface area contributed by atoms with Gasteiger partial charge in [-0.2, -0.15) is 5.26 Å². The Labute approximate surface area is 128 Å². The molecule has 2 heterocycles. The zero-order valence-corrected chi connectivity index (χ0v) is 12.9. The van der Waals surface area contributed by atoms with Crippen LogP contribution in [0.1, 0.15) is 32.6 Å². The second-order valence-electron chi connectivity index (χ2n) is 5.73. The number of nitriles is 1. The van der Waals surface area contributed by atoms with Crippen LogP contribution in [-0.4, -0.2) is 31.9 Å². The molecule has 2 aromatic rings. The van der Waals surface area contributed by atoms with Gasteiger partial charge in [0.05, 0.1) is 6.07 Å². The zero-order chi connectivity index (χ0) is 14.7. The lowest BCUT2D eigenvalue weighted by Crippen LogP contribution is -2.42. The predicted octanol–water partition coefficient (Wildman–Crippen LogP) is 2.64. The van der Waals surface area contributed by atoms with Crippen molar-refractivity contribution in [3.05, 3.63) is 24.4 Å². The molecule has 1 aliphatic carbocycles. The highest BCUT2D eigenvalue weighted by Crippen LogP contribution is 2.25. The van der Waals surface area contributed by atoms with Crippen molar-refractivity contribution in [1.82, 2.24) is 19.9 Å². The minimum absolute atomic E-state index is 0.394. The topological polar surface area (TPSA) is 66.0 Å². The van der Waals surface area contributed by atoms with Crippen LogP contribution in [0.5, 0.6) is 0 Å². The molecule has 2 aromatic heterocycles. The SMILES string of the molecule is CC(C#N)(CCCSc1nnc2ccccn12)NC1CC1. The summed E-state index contributed by atoms with van der Waals surface area (Å²) in [5, 5.41) is 22.0. The number of rotatable bonds is 7. The monoisotopic (exact) mass is 301 g/mol. The van der Waals surface area contributed by atoms with Crippen molar-refractivity contribution in [1.29, 1.82) is 5.26 Å². The molecular weight excluding hydrogens is 282 g/mol. The largest absolute Gasteiger partial charge is 0.297 e. The summed E-state index contributed by atoms with van der Waals surface area (Å²) in [6.07, 6.45) is 6.24. The molecule has 0 spiro atoms. The molecule has 0 aromatic carbocycles. The fraction of sp³-hybridized carbons (Fsp3) is 0.533. The number of fused-ring (bicyclic) bond motifs is 1. The lowest BCUT2D eigenvalue weighted by molar-refractivity contribution is 0.411. The van der Waals surface area contributed by atoms with Gasteiger partial charge in [-0.25, -0.2) is 0 Å². The second kappa shape index (κ2) is 6.04. The van der Waals surface area contributed by atoms with Crippen molar-refractivity contribution in [2.45, 2.75) is 49.3 Å². The Kier molecular flexibility index (Phi) is 4.13. The smallest absolute Gasteiger partial charge is 0.195 e. The van der Waals surface area contributed by atoms with Gasteiger partial charge in [-0.3, -0.25) is 9.72 Å². The van der Waals surface area contributed by atoms with E-state index in [1.165, 1.54) is 12.8 Å². The summed E-state index contributed by atoms with van der Waals surface area (Å²) in [5.74, 6) is 0.944. The van der Waals surface area contributed by atoms with E-state index in [0.29, 0.717) is 6.04 Å². The molecule has 0 radical (unpaired) electrons. The summed E-state index contributed by atoms with van der Waals surface area (Å²) < 4.78 is 2.00. The van der Waals surface area contributed by atoms with E-state index in [1.807, 2.05) is 35.7 Å². The first-order chi connectivity index (χ1) is 10.2. The van der Waals surface area contributed by atoms with E-state index < -0.39 is 5.54 Å². The maximum Gasteiger partial charge on any atom is 0.195 e. The number of hydrogen-bond donors (Lipinski definition) is 1. The molecule has 1 saturated carbocycles. The van der Waals surface area contributed by atoms with Crippen molar-refractivity contribution in [2.75, 3.05) is 5.75 Å². The Balaban J connectivity index is 1.50. The molecular formula is C15H19N5S. The molecule has 0 saturated heterocycles. The lowest BCUT2D eigenvalue weighted by Gasteiger charge is -2.22. The van der Waals surface area contributed by atoms with Crippen molar-refractivity contribution >= 4 is 17.4 Å². The molecule has 0 amide bonds. The van der Waals surface area contributed by atoms with Gasteiger partial charge in [-0.1, -0.05) is 17.8 Å². The molecule has 0 aliphatic heterocycles. The first kappa shape index (κ1) is 14.4. The van der Waals surface area contributed by atoms with Crippen LogP contribution in [0.15, 0.2) is 29.6 Å². The molecule has 0 bridgehead atoms. The molecule has 1 unspecified atom stereocenters. The Morgan fingerprint density at radius 2 is 2.33 bits per heavy atom. The standard InChI is InChI=1S/C15H19N5S/c1-15(11-16,17-12-6-7-12)8-4-10-21-14-19-18-13-5-2-3-9-20(13)14/h2-3,5,9,12,17H,4,6-8,10H2,1H3. The highest BCUT2D eigenvalue weighted by molar-refractivity contribution is 7.99. The van der Waals surface area contributed by atoms with Crippen LogP contribution in [0, 0.1) is 11.3 Å². The van der Waals surface area contributed by atoms with Crippen molar-refractivity contribution in [3.8, 4) is 6.07 Å². The molecule has 110 valence electrons. The highest BCUT2D eigenvalue weighted by Gasteiger charge is 2.31. The third-order valence-corrected chi connectivity index (χ3v) is 4.71. The molecule has 1 aliphatic rings. The van der Waals surface area contributed by atoms with Gasteiger partial charge in [-0.05, 0) is 44.7 Å². The second-order valence-corrected chi connectivity index (χ2v) is 6.79. The zero-order valence-electron chi connectivity index (χ0n) is 12.1. The molecule has 1 atom stereocenters. The van der Waals surface area contributed by atoms with Crippen LogP contribution < -0.4 is 5.32 Å². The van der Waals surface area contributed by atoms with Gasteiger partial charge in [0.25, 0.3) is 0 Å². The number of thioether (sulfide) groups is 1. The van der Waals surface area contributed by atoms with Crippen molar-refractivity contribution in [3.63, 3.8) is 0 Å². The van der Waals surface area contributed by atoms with E-state index in [4.69, 9.17) is 0 Å². The Morgan fingerprint density at radius 3 is 3.10 bits per heavy atom. The van der Waals surface area contributed by atoms with E-state index in [1.54, 1.807) is 11.8 Å². The summed E-state index contributed by atoms with van der Waals surface area (Å²) in [6.45, 7) is 2.00. The van der Waals surface area contributed by atoms with Crippen LogP contribution in [0.3, 0.4) is 0 Å². The number of pyridine rings is 1. The molecule has 1 N–H and O–H groups in total. The number of hydrogen-bond acceptors (Lipinski definition) is 5. The summed E-state index contributed by atoms with van der Waals surface area (Å²) >= 11 is 1.69. The quantitative estimate of drug-likeness (QED) is 0.629. The van der Waals surface area contributed by atoms with E-state index in [0.717, 1.165) is 29.4 Å². The van der Waals surface area contributed by atoms with E-state index in [-0.39, 0.29) is 0 Å². The predicted molar refractivity (Wildman–Crippen MR) is 83.1 cm³/mol. The number of nitrogens with one attached hydrogen (secondary N) is 1. The van der Waals surface area contributed by atoms with Gasteiger partial charge in [0.15, 0.2) is 10.8 Å². The number of aromatic nitrogens is 3. The Bertz CT molecular complexity index is 657.